The van der Waals surface area contributed by atoms with Gasteiger partial charge in [0.2, 0.25) is 0 Å². The van der Waals surface area contributed by atoms with Crippen LogP contribution in [-0.2, 0) is 9.84 Å². The molecule has 0 saturated carbocycles. The molecule has 5 nitrogen and oxygen atoms in total. The number of azo groups is 1. The molecule has 0 aromatic heterocycles. The topological polar surface area (TPSA) is 79.1 Å². The molecule has 3 unspecified atom stereocenters. The van der Waals surface area contributed by atoms with Crippen LogP contribution in [0.25, 0.3) is 0 Å². The molecule has 0 radical (unpaired) electrons. The molecule has 1 aliphatic rings. The fourth-order valence-electron chi connectivity index (χ4n) is 3.14. The first kappa shape index (κ1) is 19.0. The minimum absolute atomic E-state index is 0.0890. The molecule has 3 rings (SSSR count). The molecule has 2 aromatic carbocycles. The summed E-state index contributed by atoms with van der Waals surface area (Å²) in [6.07, 6.45) is -0.452. The van der Waals surface area contributed by atoms with Crippen LogP contribution in [0.5, 0.6) is 0 Å². The second kappa shape index (κ2) is 7.86. The van der Waals surface area contributed by atoms with Gasteiger partial charge in [0.25, 0.3) is 0 Å². The number of benzene rings is 2. The van der Waals surface area contributed by atoms with Crippen molar-refractivity contribution in [2.75, 3.05) is 12.3 Å². The minimum Gasteiger partial charge on any atom is -0.393 e. The SMILES string of the molecule is CC(O)CCS(=O)(=O)c1ccccc1C1CN=NC1c1ccc(Cl)cc1. The van der Waals surface area contributed by atoms with Crippen molar-refractivity contribution in [2.45, 2.75) is 36.3 Å². The summed E-state index contributed by atoms with van der Waals surface area (Å²) in [6, 6.07) is 14.2. The van der Waals surface area contributed by atoms with E-state index in [1.165, 1.54) is 0 Å². The van der Waals surface area contributed by atoms with Crippen LogP contribution in [0.15, 0.2) is 63.7 Å². The zero-order valence-corrected chi connectivity index (χ0v) is 16.0. The lowest BCUT2D eigenvalue weighted by Gasteiger charge is -2.20. The van der Waals surface area contributed by atoms with Gasteiger partial charge < -0.3 is 5.11 Å². The molecule has 0 bridgehead atoms. The maximum absolute atomic E-state index is 12.8. The standard InChI is InChI=1S/C19H21ClN2O3S/c1-13(23)10-11-26(24,25)18-5-3-2-4-16(18)17-12-21-22-19(17)14-6-8-15(20)9-7-14/h2-9,13,17,19,23H,10-12H2,1H3. The molecule has 0 fully saturated rings. The summed E-state index contributed by atoms with van der Waals surface area (Å²) in [5.41, 5.74) is 1.68. The van der Waals surface area contributed by atoms with Crippen molar-refractivity contribution >= 4 is 21.4 Å². The van der Waals surface area contributed by atoms with Gasteiger partial charge in [0.1, 0.15) is 6.04 Å². The van der Waals surface area contributed by atoms with E-state index in [4.69, 9.17) is 11.6 Å². The van der Waals surface area contributed by atoms with E-state index in [1.807, 2.05) is 24.3 Å². The zero-order valence-electron chi connectivity index (χ0n) is 14.4. The summed E-state index contributed by atoms with van der Waals surface area (Å²) in [7, 11) is -3.50. The molecule has 0 aliphatic carbocycles. The van der Waals surface area contributed by atoms with Crippen LogP contribution in [0.3, 0.4) is 0 Å². The predicted octanol–water partition coefficient (Wildman–Crippen LogP) is 4.18. The molecule has 1 aliphatic heterocycles. The fourth-order valence-corrected chi connectivity index (χ4v) is 5.00. The van der Waals surface area contributed by atoms with E-state index in [9.17, 15) is 13.5 Å². The van der Waals surface area contributed by atoms with Crippen LogP contribution in [0.4, 0.5) is 0 Å². The zero-order chi connectivity index (χ0) is 18.7. The van der Waals surface area contributed by atoms with Gasteiger partial charge >= 0.3 is 0 Å². The summed E-state index contributed by atoms with van der Waals surface area (Å²) in [5, 5.41) is 18.6. The third-order valence-electron chi connectivity index (χ3n) is 4.53. The van der Waals surface area contributed by atoms with Gasteiger partial charge in [-0.25, -0.2) is 8.42 Å². The third-order valence-corrected chi connectivity index (χ3v) is 6.60. The summed E-state index contributed by atoms with van der Waals surface area (Å²) in [4.78, 5) is 0.303. The highest BCUT2D eigenvalue weighted by Gasteiger charge is 2.33. The summed E-state index contributed by atoms with van der Waals surface area (Å²) in [5.74, 6) is -0.234. The number of hydrogen-bond donors (Lipinski definition) is 1. The van der Waals surface area contributed by atoms with Crippen LogP contribution in [0.2, 0.25) is 5.02 Å². The predicted molar refractivity (Wildman–Crippen MR) is 101 cm³/mol. The highest BCUT2D eigenvalue weighted by molar-refractivity contribution is 7.91. The Bertz CT molecular complexity index is 895. The maximum Gasteiger partial charge on any atom is 0.178 e. The van der Waals surface area contributed by atoms with E-state index in [1.54, 1.807) is 31.2 Å². The maximum atomic E-state index is 12.8. The molecule has 7 heteroatoms. The molecule has 3 atom stereocenters. The van der Waals surface area contributed by atoms with Gasteiger partial charge in [-0.2, -0.15) is 10.2 Å². The van der Waals surface area contributed by atoms with Crippen molar-refractivity contribution < 1.29 is 13.5 Å². The van der Waals surface area contributed by atoms with E-state index < -0.39 is 15.9 Å². The Kier molecular flexibility index (Phi) is 5.75. The van der Waals surface area contributed by atoms with Crippen molar-refractivity contribution in [3.63, 3.8) is 0 Å². The van der Waals surface area contributed by atoms with Gasteiger partial charge in [-0.1, -0.05) is 41.9 Å². The number of sulfone groups is 1. The Morgan fingerprint density at radius 2 is 1.88 bits per heavy atom. The Labute approximate surface area is 158 Å². The van der Waals surface area contributed by atoms with Crippen molar-refractivity contribution in [1.82, 2.24) is 0 Å². The Morgan fingerprint density at radius 1 is 1.19 bits per heavy atom. The quantitative estimate of drug-likeness (QED) is 0.800. The second-order valence-electron chi connectivity index (χ2n) is 6.54. The first-order valence-corrected chi connectivity index (χ1v) is 10.5. The number of aliphatic hydroxyl groups excluding tert-OH is 1. The van der Waals surface area contributed by atoms with E-state index in [-0.39, 0.29) is 24.1 Å². The van der Waals surface area contributed by atoms with Gasteiger partial charge in [0.05, 0.1) is 23.3 Å². The second-order valence-corrected chi connectivity index (χ2v) is 9.05. The Hall–Kier alpha value is -1.76. The Balaban J connectivity index is 1.95. The van der Waals surface area contributed by atoms with Gasteiger partial charge in [-0.3, -0.25) is 0 Å². The molecule has 2 aromatic rings. The molecule has 1 N–H and O–H groups in total. The minimum atomic E-state index is -3.50. The molecular weight excluding hydrogens is 372 g/mol. The molecule has 1 heterocycles. The van der Waals surface area contributed by atoms with Crippen molar-refractivity contribution in [3.05, 3.63) is 64.7 Å². The summed E-state index contributed by atoms with van der Waals surface area (Å²) >= 11 is 5.96. The van der Waals surface area contributed by atoms with Gasteiger partial charge in [0.15, 0.2) is 9.84 Å². The molecule has 0 spiro atoms. The largest absolute Gasteiger partial charge is 0.393 e. The Morgan fingerprint density at radius 3 is 2.58 bits per heavy atom. The highest BCUT2D eigenvalue weighted by Crippen LogP contribution is 2.41. The molecule has 26 heavy (non-hydrogen) atoms. The van der Waals surface area contributed by atoms with E-state index >= 15 is 0 Å². The number of halogens is 1. The highest BCUT2D eigenvalue weighted by atomic mass is 35.5. The van der Waals surface area contributed by atoms with E-state index in [2.05, 4.69) is 10.2 Å². The number of hydrogen-bond acceptors (Lipinski definition) is 5. The normalized spacial score (nSPS) is 21.0. The van der Waals surface area contributed by atoms with Crippen LogP contribution in [0, 0.1) is 0 Å². The summed E-state index contributed by atoms with van der Waals surface area (Å²) < 4.78 is 25.6. The average Bonchev–Trinajstić information content (AvgIpc) is 3.10. The van der Waals surface area contributed by atoms with Crippen LogP contribution in [-0.4, -0.2) is 31.9 Å². The molecular formula is C19H21ClN2O3S. The van der Waals surface area contributed by atoms with Crippen molar-refractivity contribution in [2.24, 2.45) is 10.2 Å². The average molecular weight is 393 g/mol. The number of aliphatic hydroxyl groups is 1. The van der Waals surface area contributed by atoms with Gasteiger partial charge in [-0.15, -0.1) is 0 Å². The number of rotatable bonds is 6. The van der Waals surface area contributed by atoms with Gasteiger partial charge in [-0.05, 0) is 42.7 Å². The smallest absolute Gasteiger partial charge is 0.178 e. The fraction of sp³-hybridized carbons (Fsp3) is 0.368. The van der Waals surface area contributed by atoms with E-state index in [0.717, 1.165) is 11.1 Å². The van der Waals surface area contributed by atoms with Crippen LogP contribution in [0.1, 0.15) is 36.4 Å². The number of nitrogens with zero attached hydrogens (tertiary/aromatic N) is 2. The lowest BCUT2D eigenvalue weighted by Crippen LogP contribution is -2.17. The van der Waals surface area contributed by atoms with Gasteiger partial charge in [0, 0.05) is 10.9 Å². The first-order valence-electron chi connectivity index (χ1n) is 8.50. The van der Waals surface area contributed by atoms with Crippen molar-refractivity contribution in [3.8, 4) is 0 Å². The van der Waals surface area contributed by atoms with E-state index in [0.29, 0.717) is 16.5 Å². The van der Waals surface area contributed by atoms with Crippen LogP contribution >= 0.6 is 11.6 Å². The molecule has 0 amide bonds. The molecule has 0 saturated heterocycles. The third kappa shape index (κ3) is 4.14. The monoisotopic (exact) mass is 392 g/mol. The lowest BCUT2D eigenvalue weighted by atomic mass is 9.88. The lowest BCUT2D eigenvalue weighted by molar-refractivity contribution is 0.191. The van der Waals surface area contributed by atoms with Crippen LogP contribution < -0.4 is 0 Å². The molecule has 138 valence electrons. The summed E-state index contributed by atoms with van der Waals surface area (Å²) in [6.45, 7) is 2.03. The van der Waals surface area contributed by atoms with Crippen molar-refractivity contribution in [1.29, 1.82) is 0 Å². The first-order chi connectivity index (χ1) is 12.4.